The first-order chi connectivity index (χ1) is 9.60. The maximum atomic E-state index is 10.3. The number of aliphatic hydroxyl groups excluding tert-OH is 1. The predicted molar refractivity (Wildman–Crippen MR) is 79.2 cm³/mol. The minimum absolute atomic E-state index is 0.329. The van der Waals surface area contributed by atoms with Crippen LogP contribution in [0.1, 0.15) is 24.2 Å². The molecule has 106 valence electrons. The molecule has 0 radical (unpaired) electrons. The van der Waals surface area contributed by atoms with Crippen LogP contribution in [-0.4, -0.2) is 18.3 Å². The molecule has 20 heavy (non-hydrogen) atoms. The Kier molecular flexibility index (Phi) is 4.64. The van der Waals surface area contributed by atoms with Crippen LogP contribution in [0.5, 0.6) is 11.5 Å². The number of aliphatic hydroxyl groups is 1. The van der Waals surface area contributed by atoms with Gasteiger partial charge in [-0.05, 0) is 49.2 Å². The van der Waals surface area contributed by atoms with Gasteiger partial charge >= 0.3 is 0 Å². The smallest absolute Gasteiger partial charge is 0.126 e. The van der Waals surface area contributed by atoms with Crippen molar-refractivity contribution in [2.75, 3.05) is 7.11 Å². The molecule has 0 heterocycles. The first kappa shape index (κ1) is 14.4. The molecular formula is C17H20O3. The lowest BCUT2D eigenvalue weighted by Gasteiger charge is -2.21. The van der Waals surface area contributed by atoms with Crippen molar-refractivity contribution in [1.29, 1.82) is 0 Å². The lowest BCUT2D eigenvalue weighted by Crippen LogP contribution is -2.21. The Hall–Kier alpha value is -2.00. The van der Waals surface area contributed by atoms with Crippen LogP contribution in [0.2, 0.25) is 0 Å². The molecule has 3 nitrogen and oxygen atoms in total. The summed E-state index contributed by atoms with van der Waals surface area (Å²) >= 11 is 0. The molecule has 0 aromatic heterocycles. The summed E-state index contributed by atoms with van der Waals surface area (Å²) in [4.78, 5) is 0. The third-order valence-electron chi connectivity index (χ3n) is 3.21. The van der Waals surface area contributed by atoms with Crippen LogP contribution in [0.4, 0.5) is 0 Å². The van der Waals surface area contributed by atoms with E-state index >= 15 is 0 Å². The second-order valence-electron chi connectivity index (χ2n) is 4.86. The van der Waals surface area contributed by atoms with Gasteiger partial charge in [0.15, 0.2) is 0 Å². The second kappa shape index (κ2) is 6.44. The van der Waals surface area contributed by atoms with Gasteiger partial charge in [-0.25, -0.2) is 0 Å². The number of hydrogen-bond donors (Lipinski definition) is 1. The fourth-order valence-corrected chi connectivity index (χ4v) is 2.04. The third-order valence-corrected chi connectivity index (χ3v) is 3.21. The highest BCUT2D eigenvalue weighted by Crippen LogP contribution is 2.24. The maximum absolute atomic E-state index is 10.3. The zero-order valence-corrected chi connectivity index (χ0v) is 12.0. The van der Waals surface area contributed by atoms with Crippen LogP contribution < -0.4 is 9.47 Å². The summed E-state index contributed by atoms with van der Waals surface area (Å²) in [6.07, 6.45) is -1.01. The first-order valence-electron chi connectivity index (χ1n) is 6.65. The van der Waals surface area contributed by atoms with E-state index in [4.69, 9.17) is 9.47 Å². The average Bonchev–Trinajstić information content (AvgIpc) is 2.46. The molecule has 2 unspecified atom stereocenters. The van der Waals surface area contributed by atoms with Crippen molar-refractivity contribution in [2.45, 2.75) is 26.1 Å². The van der Waals surface area contributed by atoms with Crippen LogP contribution in [0.15, 0.2) is 48.5 Å². The number of hydrogen-bond acceptors (Lipinski definition) is 3. The molecule has 0 bridgehead atoms. The van der Waals surface area contributed by atoms with Gasteiger partial charge in [-0.3, -0.25) is 0 Å². The van der Waals surface area contributed by atoms with E-state index in [1.54, 1.807) is 7.11 Å². The summed E-state index contributed by atoms with van der Waals surface area (Å²) in [7, 11) is 1.62. The normalized spacial score (nSPS) is 13.6. The van der Waals surface area contributed by atoms with E-state index in [2.05, 4.69) is 0 Å². The highest BCUT2D eigenvalue weighted by atomic mass is 16.5. The molecule has 0 aliphatic heterocycles. The van der Waals surface area contributed by atoms with E-state index in [9.17, 15) is 5.11 Å². The van der Waals surface area contributed by atoms with E-state index in [1.807, 2.05) is 62.4 Å². The van der Waals surface area contributed by atoms with E-state index in [1.165, 1.54) is 0 Å². The second-order valence-corrected chi connectivity index (χ2v) is 4.86. The van der Waals surface area contributed by atoms with E-state index in [0.29, 0.717) is 0 Å². The summed E-state index contributed by atoms with van der Waals surface area (Å²) in [6.45, 7) is 3.87. The van der Waals surface area contributed by atoms with Gasteiger partial charge in [-0.2, -0.15) is 0 Å². The molecule has 0 aliphatic carbocycles. The van der Waals surface area contributed by atoms with Crippen LogP contribution in [0, 0.1) is 6.92 Å². The lowest BCUT2D eigenvalue weighted by molar-refractivity contribution is 0.0467. The molecule has 0 saturated carbocycles. The van der Waals surface area contributed by atoms with Crippen LogP contribution in [-0.2, 0) is 0 Å². The van der Waals surface area contributed by atoms with Gasteiger partial charge in [0.05, 0.1) is 7.11 Å². The molecule has 2 rings (SSSR count). The highest BCUT2D eigenvalue weighted by Gasteiger charge is 2.18. The van der Waals surface area contributed by atoms with Crippen LogP contribution >= 0.6 is 0 Å². The molecule has 1 N–H and O–H groups in total. The number of ether oxygens (including phenoxy) is 2. The maximum Gasteiger partial charge on any atom is 0.126 e. The summed E-state index contributed by atoms with van der Waals surface area (Å²) < 4.78 is 10.9. The molecule has 2 atom stereocenters. The zero-order valence-electron chi connectivity index (χ0n) is 12.0. The Bertz CT molecular complexity index is 548. The Morgan fingerprint density at radius 2 is 1.70 bits per heavy atom. The topological polar surface area (TPSA) is 38.7 Å². The molecule has 0 amide bonds. The number of rotatable bonds is 5. The SMILES string of the molecule is COc1ccc(C(O)C(C)Oc2cccc(C)c2)cc1. The van der Waals surface area contributed by atoms with Crippen molar-refractivity contribution in [3.8, 4) is 11.5 Å². The third kappa shape index (κ3) is 3.52. The Morgan fingerprint density at radius 1 is 1.00 bits per heavy atom. The average molecular weight is 272 g/mol. The zero-order chi connectivity index (χ0) is 14.5. The van der Waals surface area contributed by atoms with Crippen molar-refractivity contribution in [3.63, 3.8) is 0 Å². The molecule has 2 aromatic carbocycles. The molecule has 2 aromatic rings. The molecule has 0 aliphatic rings. The molecule has 0 saturated heterocycles. The van der Waals surface area contributed by atoms with Crippen molar-refractivity contribution in [1.82, 2.24) is 0 Å². The quantitative estimate of drug-likeness (QED) is 0.905. The van der Waals surface area contributed by atoms with Crippen molar-refractivity contribution in [2.24, 2.45) is 0 Å². The fourth-order valence-electron chi connectivity index (χ4n) is 2.04. The highest BCUT2D eigenvalue weighted by molar-refractivity contribution is 5.30. The Morgan fingerprint density at radius 3 is 2.30 bits per heavy atom. The van der Waals surface area contributed by atoms with Gasteiger partial charge in [0.25, 0.3) is 0 Å². The first-order valence-corrected chi connectivity index (χ1v) is 6.65. The molecule has 0 spiro atoms. The monoisotopic (exact) mass is 272 g/mol. The van der Waals surface area contributed by atoms with E-state index in [0.717, 1.165) is 22.6 Å². The van der Waals surface area contributed by atoms with Crippen LogP contribution in [0.25, 0.3) is 0 Å². The van der Waals surface area contributed by atoms with Gasteiger partial charge in [0.2, 0.25) is 0 Å². The number of benzene rings is 2. The minimum atomic E-state index is -0.679. The van der Waals surface area contributed by atoms with E-state index < -0.39 is 6.10 Å². The van der Waals surface area contributed by atoms with Crippen molar-refractivity contribution >= 4 is 0 Å². The predicted octanol–water partition coefficient (Wildman–Crippen LogP) is 3.50. The van der Waals surface area contributed by atoms with Crippen molar-refractivity contribution < 1.29 is 14.6 Å². The van der Waals surface area contributed by atoms with Gasteiger partial charge < -0.3 is 14.6 Å². The molecule has 0 fully saturated rings. The summed E-state index contributed by atoms with van der Waals surface area (Å²) in [5.74, 6) is 1.54. The number of aryl methyl sites for hydroxylation is 1. The van der Waals surface area contributed by atoms with Gasteiger partial charge in [0, 0.05) is 0 Å². The molecule has 3 heteroatoms. The van der Waals surface area contributed by atoms with Crippen LogP contribution in [0.3, 0.4) is 0 Å². The fraction of sp³-hybridized carbons (Fsp3) is 0.294. The van der Waals surface area contributed by atoms with Gasteiger partial charge in [-0.1, -0.05) is 24.3 Å². The Balaban J connectivity index is 2.05. The Labute approximate surface area is 119 Å². The van der Waals surface area contributed by atoms with Crippen molar-refractivity contribution in [3.05, 3.63) is 59.7 Å². The summed E-state index contributed by atoms with van der Waals surface area (Å²) in [5.41, 5.74) is 1.94. The lowest BCUT2D eigenvalue weighted by atomic mass is 10.1. The van der Waals surface area contributed by atoms with Gasteiger partial charge in [-0.15, -0.1) is 0 Å². The summed E-state index contributed by atoms with van der Waals surface area (Å²) in [5, 5.41) is 10.3. The largest absolute Gasteiger partial charge is 0.497 e. The standard InChI is InChI=1S/C17H20O3/c1-12-5-4-6-16(11-12)20-13(2)17(18)14-7-9-15(19-3)10-8-14/h4-11,13,17-18H,1-3H3. The molecular weight excluding hydrogens is 252 g/mol. The summed E-state index contributed by atoms with van der Waals surface area (Å²) in [6, 6.07) is 15.2. The minimum Gasteiger partial charge on any atom is -0.497 e. The number of methoxy groups -OCH3 is 1. The van der Waals surface area contributed by atoms with E-state index in [-0.39, 0.29) is 6.10 Å². The van der Waals surface area contributed by atoms with Gasteiger partial charge in [0.1, 0.15) is 23.7 Å².